The quantitative estimate of drug-likeness (QED) is 0.907. The molecule has 1 aromatic rings. The largest absolute Gasteiger partial charge is 0.311 e. The summed E-state index contributed by atoms with van der Waals surface area (Å²) in [4.78, 5) is 2.34. The summed E-state index contributed by atoms with van der Waals surface area (Å²) in [6.45, 7) is 3.72. The first-order chi connectivity index (χ1) is 8.72. The molecule has 2 fully saturated rings. The molecular formula is C14H18ClFN2. The molecule has 1 atom stereocenters. The van der Waals surface area contributed by atoms with Gasteiger partial charge in [-0.25, -0.2) is 4.39 Å². The maximum Gasteiger partial charge on any atom is 0.129 e. The molecule has 1 saturated carbocycles. The van der Waals surface area contributed by atoms with Crippen LogP contribution in [0.1, 0.15) is 18.4 Å². The van der Waals surface area contributed by atoms with Gasteiger partial charge in [-0.15, -0.1) is 0 Å². The van der Waals surface area contributed by atoms with Crippen LogP contribution in [0.2, 0.25) is 5.02 Å². The maximum absolute atomic E-state index is 13.7. The lowest BCUT2D eigenvalue weighted by Gasteiger charge is -2.34. The summed E-state index contributed by atoms with van der Waals surface area (Å²) in [5.41, 5.74) is 0.746. The lowest BCUT2D eigenvalue weighted by molar-refractivity contribution is 0.180. The van der Waals surface area contributed by atoms with Gasteiger partial charge in [-0.1, -0.05) is 17.7 Å². The van der Waals surface area contributed by atoms with E-state index in [0.29, 0.717) is 17.6 Å². The van der Waals surface area contributed by atoms with Crippen LogP contribution in [0, 0.1) is 11.7 Å². The van der Waals surface area contributed by atoms with Crippen molar-refractivity contribution in [3.05, 3.63) is 34.6 Å². The lowest BCUT2D eigenvalue weighted by atomic mass is 10.1. The van der Waals surface area contributed by atoms with Gasteiger partial charge in [-0.05, 0) is 30.9 Å². The Hall–Kier alpha value is -0.640. The number of nitrogens with zero attached hydrogens (tertiary/aromatic N) is 1. The Balaban J connectivity index is 1.64. The van der Waals surface area contributed by atoms with Gasteiger partial charge in [-0.3, -0.25) is 4.90 Å². The van der Waals surface area contributed by atoms with E-state index in [1.165, 1.54) is 18.9 Å². The minimum Gasteiger partial charge on any atom is -0.311 e. The third kappa shape index (κ3) is 2.85. The third-order valence-electron chi connectivity index (χ3n) is 3.89. The molecule has 3 rings (SSSR count). The van der Waals surface area contributed by atoms with E-state index in [4.69, 9.17) is 11.6 Å². The Morgan fingerprint density at radius 2 is 2.22 bits per heavy atom. The van der Waals surface area contributed by atoms with Crippen molar-refractivity contribution in [3.8, 4) is 0 Å². The minimum atomic E-state index is -0.191. The third-order valence-corrected chi connectivity index (χ3v) is 4.12. The van der Waals surface area contributed by atoms with E-state index in [-0.39, 0.29) is 5.82 Å². The summed E-state index contributed by atoms with van der Waals surface area (Å²) in [6, 6.07) is 5.57. The predicted octanol–water partition coefficient (Wildman–Crippen LogP) is 2.66. The molecule has 1 N–H and O–H groups in total. The highest BCUT2D eigenvalue weighted by molar-refractivity contribution is 6.30. The van der Waals surface area contributed by atoms with Crippen molar-refractivity contribution in [2.45, 2.75) is 25.4 Å². The summed E-state index contributed by atoms with van der Waals surface area (Å²) in [5, 5.41) is 4.03. The van der Waals surface area contributed by atoms with E-state index < -0.39 is 0 Å². The van der Waals surface area contributed by atoms with E-state index >= 15 is 0 Å². The van der Waals surface area contributed by atoms with E-state index in [1.54, 1.807) is 12.1 Å². The molecular weight excluding hydrogens is 251 g/mol. The lowest BCUT2D eigenvalue weighted by Crippen LogP contribution is -2.51. The van der Waals surface area contributed by atoms with Gasteiger partial charge >= 0.3 is 0 Å². The van der Waals surface area contributed by atoms with Crippen LogP contribution in [-0.2, 0) is 6.54 Å². The topological polar surface area (TPSA) is 15.3 Å². The molecule has 1 aliphatic carbocycles. The van der Waals surface area contributed by atoms with Crippen molar-refractivity contribution < 1.29 is 4.39 Å². The van der Waals surface area contributed by atoms with E-state index in [1.807, 2.05) is 0 Å². The van der Waals surface area contributed by atoms with Crippen molar-refractivity contribution in [1.29, 1.82) is 0 Å². The molecule has 4 heteroatoms. The molecule has 1 unspecified atom stereocenters. The zero-order valence-electron chi connectivity index (χ0n) is 10.3. The molecule has 18 heavy (non-hydrogen) atoms. The number of benzene rings is 1. The van der Waals surface area contributed by atoms with Gasteiger partial charge in [0, 0.05) is 42.8 Å². The van der Waals surface area contributed by atoms with Crippen molar-refractivity contribution >= 4 is 11.6 Å². The van der Waals surface area contributed by atoms with Crippen LogP contribution >= 0.6 is 11.6 Å². The summed E-state index contributed by atoms with van der Waals surface area (Å²) < 4.78 is 13.7. The smallest absolute Gasteiger partial charge is 0.129 e. The Labute approximate surface area is 112 Å². The second-order valence-electron chi connectivity index (χ2n) is 5.37. The van der Waals surface area contributed by atoms with Crippen LogP contribution in [0.15, 0.2) is 18.2 Å². The molecule has 1 heterocycles. The molecule has 0 amide bonds. The average molecular weight is 269 g/mol. The van der Waals surface area contributed by atoms with Gasteiger partial charge in [0.05, 0.1) is 0 Å². The molecule has 0 aromatic heterocycles. The van der Waals surface area contributed by atoms with Gasteiger partial charge in [-0.2, -0.15) is 0 Å². The minimum absolute atomic E-state index is 0.191. The van der Waals surface area contributed by atoms with Crippen molar-refractivity contribution in [1.82, 2.24) is 10.2 Å². The molecule has 1 aliphatic heterocycles. The first-order valence-corrected chi connectivity index (χ1v) is 7.00. The van der Waals surface area contributed by atoms with Crippen LogP contribution in [0.25, 0.3) is 0 Å². The SMILES string of the molecule is Fc1cc(Cl)ccc1CN1CCNC(C2CC2)C1. The molecule has 1 saturated heterocycles. The molecule has 0 spiro atoms. The van der Waals surface area contributed by atoms with Crippen LogP contribution < -0.4 is 5.32 Å². The predicted molar refractivity (Wildman–Crippen MR) is 71.2 cm³/mol. The van der Waals surface area contributed by atoms with Crippen LogP contribution in [0.3, 0.4) is 0 Å². The fourth-order valence-corrected chi connectivity index (χ4v) is 2.85. The summed E-state index contributed by atoms with van der Waals surface area (Å²) in [5.74, 6) is 0.659. The molecule has 2 nitrogen and oxygen atoms in total. The highest BCUT2D eigenvalue weighted by atomic mass is 35.5. The number of halogens is 2. The normalized spacial score (nSPS) is 25.3. The summed E-state index contributed by atoms with van der Waals surface area (Å²) in [6.07, 6.45) is 2.70. The van der Waals surface area contributed by atoms with Gasteiger partial charge in [0.15, 0.2) is 0 Å². The van der Waals surface area contributed by atoms with Crippen LogP contribution in [0.4, 0.5) is 4.39 Å². The average Bonchev–Trinajstić information content (AvgIpc) is 3.17. The highest BCUT2D eigenvalue weighted by Gasteiger charge is 2.33. The zero-order valence-corrected chi connectivity index (χ0v) is 11.1. The Morgan fingerprint density at radius 1 is 1.39 bits per heavy atom. The second kappa shape index (κ2) is 5.16. The van der Waals surface area contributed by atoms with E-state index in [2.05, 4.69) is 10.2 Å². The molecule has 0 radical (unpaired) electrons. The summed E-state index contributed by atoms with van der Waals surface area (Å²) >= 11 is 5.77. The van der Waals surface area contributed by atoms with Crippen molar-refractivity contribution in [3.63, 3.8) is 0 Å². The number of hydrogen-bond donors (Lipinski definition) is 1. The summed E-state index contributed by atoms with van der Waals surface area (Å²) in [7, 11) is 0. The second-order valence-corrected chi connectivity index (χ2v) is 5.81. The van der Waals surface area contributed by atoms with Crippen molar-refractivity contribution in [2.24, 2.45) is 5.92 Å². The fraction of sp³-hybridized carbons (Fsp3) is 0.571. The number of piperazine rings is 1. The monoisotopic (exact) mass is 268 g/mol. The highest BCUT2D eigenvalue weighted by Crippen LogP contribution is 2.33. The first kappa shape index (κ1) is 12.4. The number of rotatable bonds is 3. The van der Waals surface area contributed by atoms with Gasteiger partial charge in [0.2, 0.25) is 0 Å². The van der Waals surface area contributed by atoms with Gasteiger partial charge < -0.3 is 5.32 Å². The maximum atomic E-state index is 13.7. The molecule has 98 valence electrons. The van der Waals surface area contributed by atoms with E-state index in [9.17, 15) is 4.39 Å². The van der Waals surface area contributed by atoms with E-state index in [0.717, 1.165) is 31.1 Å². The Bertz CT molecular complexity index is 434. The Morgan fingerprint density at radius 3 is 2.94 bits per heavy atom. The standard InChI is InChI=1S/C14H18ClFN2/c15-12-4-3-11(13(16)7-12)8-18-6-5-17-14(9-18)10-1-2-10/h3-4,7,10,14,17H,1-2,5-6,8-9H2. The molecule has 1 aromatic carbocycles. The van der Waals surface area contributed by atoms with Crippen LogP contribution in [0.5, 0.6) is 0 Å². The number of hydrogen-bond acceptors (Lipinski definition) is 2. The molecule has 2 aliphatic rings. The first-order valence-electron chi connectivity index (χ1n) is 6.62. The van der Waals surface area contributed by atoms with Crippen LogP contribution in [-0.4, -0.2) is 30.6 Å². The fourth-order valence-electron chi connectivity index (χ4n) is 2.69. The number of nitrogens with one attached hydrogen (secondary N) is 1. The molecule has 0 bridgehead atoms. The van der Waals surface area contributed by atoms with Gasteiger partial charge in [0.1, 0.15) is 5.82 Å². The zero-order chi connectivity index (χ0) is 12.5. The van der Waals surface area contributed by atoms with Crippen molar-refractivity contribution in [2.75, 3.05) is 19.6 Å². The Kier molecular flexibility index (Phi) is 3.55. The van der Waals surface area contributed by atoms with Gasteiger partial charge in [0.25, 0.3) is 0 Å².